The van der Waals surface area contributed by atoms with Gasteiger partial charge in [0.1, 0.15) is 0 Å². The van der Waals surface area contributed by atoms with E-state index in [1.807, 2.05) is 0 Å². The third kappa shape index (κ3) is 4.78. The van der Waals surface area contributed by atoms with Crippen LogP contribution in [0.2, 0.25) is 0 Å². The molecule has 2 heteroatoms. The third-order valence-electron chi connectivity index (χ3n) is 3.11. The minimum absolute atomic E-state index is 0.566. The topological polar surface area (TPSA) is 15.3 Å². The van der Waals surface area contributed by atoms with Crippen LogP contribution >= 0.6 is 0 Å². The van der Waals surface area contributed by atoms with E-state index in [1.165, 1.54) is 5.69 Å². The van der Waals surface area contributed by atoms with Crippen molar-refractivity contribution < 1.29 is 0 Å². The number of benzene rings is 1. The van der Waals surface area contributed by atoms with Gasteiger partial charge in [0.15, 0.2) is 0 Å². The van der Waals surface area contributed by atoms with Crippen LogP contribution in [-0.2, 0) is 0 Å². The van der Waals surface area contributed by atoms with Gasteiger partial charge in [0.25, 0.3) is 0 Å². The van der Waals surface area contributed by atoms with Crippen molar-refractivity contribution in [3.8, 4) is 0 Å². The molecule has 96 valence electrons. The fourth-order valence-corrected chi connectivity index (χ4v) is 1.97. The van der Waals surface area contributed by atoms with Gasteiger partial charge < -0.3 is 10.2 Å². The zero-order chi connectivity index (χ0) is 12.7. The van der Waals surface area contributed by atoms with Gasteiger partial charge in [-0.15, -0.1) is 0 Å². The molecule has 0 aliphatic heterocycles. The first-order chi connectivity index (χ1) is 8.15. The maximum Gasteiger partial charge on any atom is 0.0408 e. The zero-order valence-electron chi connectivity index (χ0n) is 11.6. The van der Waals surface area contributed by atoms with Crippen LogP contribution in [0.3, 0.4) is 0 Å². The molecule has 0 radical (unpaired) electrons. The van der Waals surface area contributed by atoms with Gasteiger partial charge in [-0.25, -0.2) is 0 Å². The van der Waals surface area contributed by atoms with Crippen molar-refractivity contribution in [1.29, 1.82) is 0 Å². The number of hydrogen-bond donors (Lipinski definition) is 1. The summed E-state index contributed by atoms with van der Waals surface area (Å²) in [5.74, 6) is 0.717. The Balaban J connectivity index is 2.49. The van der Waals surface area contributed by atoms with Crippen molar-refractivity contribution in [3.63, 3.8) is 0 Å². The van der Waals surface area contributed by atoms with E-state index in [0.717, 1.165) is 25.4 Å². The summed E-state index contributed by atoms with van der Waals surface area (Å²) < 4.78 is 0. The van der Waals surface area contributed by atoms with Crippen LogP contribution in [-0.4, -0.2) is 26.2 Å². The standard InChI is InChI=1S/C15H26N2/c1-5-14(12-16-11-13(2)3)17(4)15-9-7-6-8-10-15/h6-10,13-14,16H,5,11-12H2,1-4H3. The number of rotatable bonds is 7. The lowest BCUT2D eigenvalue weighted by Crippen LogP contribution is -2.40. The number of nitrogens with one attached hydrogen (secondary N) is 1. The Labute approximate surface area is 106 Å². The van der Waals surface area contributed by atoms with E-state index in [4.69, 9.17) is 0 Å². The lowest BCUT2D eigenvalue weighted by Gasteiger charge is -2.30. The first kappa shape index (κ1) is 14.0. The molecule has 0 aliphatic carbocycles. The predicted octanol–water partition coefficient (Wildman–Crippen LogP) is 3.15. The van der Waals surface area contributed by atoms with Gasteiger partial charge in [-0.1, -0.05) is 39.0 Å². The molecule has 0 saturated carbocycles. The third-order valence-corrected chi connectivity index (χ3v) is 3.11. The molecule has 1 rings (SSSR count). The molecule has 1 unspecified atom stereocenters. The Morgan fingerprint density at radius 2 is 1.76 bits per heavy atom. The summed E-state index contributed by atoms with van der Waals surface area (Å²) in [5, 5.41) is 3.54. The summed E-state index contributed by atoms with van der Waals surface area (Å²) in [6.07, 6.45) is 1.16. The molecule has 0 heterocycles. The normalized spacial score (nSPS) is 12.8. The molecular formula is C15H26N2. The molecule has 2 nitrogen and oxygen atoms in total. The molecule has 17 heavy (non-hydrogen) atoms. The molecule has 0 aliphatic rings. The van der Waals surface area contributed by atoms with Crippen molar-refractivity contribution in [3.05, 3.63) is 30.3 Å². The highest BCUT2D eigenvalue weighted by Gasteiger charge is 2.12. The lowest BCUT2D eigenvalue weighted by atomic mass is 10.1. The summed E-state index contributed by atoms with van der Waals surface area (Å²) in [6.45, 7) is 8.89. The average molecular weight is 234 g/mol. The van der Waals surface area contributed by atoms with Crippen LogP contribution in [0.15, 0.2) is 30.3 Å². The second kappa shape index (κ2) is 7.33. The molecule has 0 saturated heterocycles. The second-order valence-corrected chi connectivity index (χ2v) is 5.06. The summed E-state index contributed by atoms with van der Waals surface area (Å²) in [7, 11) is 2.18. The predicted molar refractivity (Wildman–Crippen MR) is 76.6 cm³/mol. The van der Waals surface area contributed by atoms with Gasteiger partial charge in [0.2, 0.25) is 0 Å². The monoisotopic (exact) mass is 234 g/mol. The number of para-hydroxylation sites is 1. The van der Waals surface area contributed by atoms with Gasteiger partial charge in [0, 0.05) is 25.3 Å². The largest absolute Gasteiger partial charge is 0.370 e. The van der Waals surface area contributed by atoms with Crippen LogP contribution in [0.5, 0.6) is 0 Å². The molecule has 0 bridgehead atoms. The first-order valence-electron chi connectivity index (χ1n) is 6.63. The zero-order valence-corrected chi connectivity index (χ0v) is 11.6. The SMILES string of the molecule is CCC(CNCC(C)C)N(C)c1ccccc1. The summed E-state index contributed by atoms with van der Waals surface area (Å²) in [4.78, 5) is 2.37. The van der Waals surface area contributed by atoms with Gasteiger partial charge in [-0.3, -0.25) is 0 Å². The summed E-state index contributed by atoms with van der Waals surface area (Å²) in [6, 6.07) is 11.2. The van der Waals surface area contributed by atoms with E-state index < -0.39 is 0 Å². The molecule has 0 spiro atoms. The van der Waals surface area contributed by atoms with E-state index in [9.17, 15) is 0 Å². The van der Waals surface area contributed by atoms with Crippen LogP contribution in [0.1, 0.15) is 27.2 Å². The minimum Gasteiger partial charge on any atom is -0.370 e. The Bertz CT molecular complexity index is 295. The Kier molecular flexibility index (Phi) is 6.06. The van der Waals surface area contributed by atoms with Crippen molar-refractivity contribution in [2.24, 2.45) is 5.92 Å². The quantitative estimate of drug-likeness (QED) is 0.779. The number of likely N-dealkylation sites (N-methyl/N-ethyl adjacent to an activating group) is 1. The molecule has 1 aromatic rings. The van der Waals surface area contributed by atoms with E-state index in [1.54, 1.807) is 0 Å². The Hall–Kier alpha value is -1.02. The van der Waals surface area contributed by atoms with Gasteiger partial charge in [-0.05, 0) is 31.0 Å². The van der Waals surface area contributed by atoms with Crippen molar-refractivity contribution in [1.82, 2.24) is 5.32 Å². The molecule has 1 N–H and O–H groups in total. The van der Waals surface area contributed by atoms with Crippen molar-refractivity contribution in [2.75, 3.05) is 25.0 Å². The van der Waals surface area contributed by atoms with Crippen molar-refractivity contribution >= 4 is 5.69 Å². The minimum atomic E-state index is 0.566. The number of nitrogens with zero attached hydrogens (tertiary/aromatic N) is 1. The molecule has 0 amide bonds. The number of hydrogen-bond acceptors (Lipinski definition) is 2. The Morgan fingerprint density at radius 1 is 1.12 bits per heavy atom. The molecular weight excluding hydrogens is 208 g/mol. The highest BCUT2D eigenvalue weighted by atomic mass is 15.2. The van der Waals surface area contributed by atoms with Gasteiger partial charge >= 0.3 is 0 Å². The van der Waals surface area contributed by atoms with E-state index in [2.05, 4.69) is 68.4 Å². The lowest BCUT2D eigenvalue weighted by molar-refractivity contribution is 0.495. The highest BCUT2D eigenvalue weighted by molar-refractivity contribution is 5.46. The first-order valence-corrected chi connectivity index (χ1v) is 6.63. The molecule has 1 atom stereocenters. The van der Waals surface area contributed by atoms with E-state index >= 15 is 0 Å². The second-order valence-electron chi connectivity index (χ2n) is 5.06. The maximum absolute atomic E-state index is 3.54. The van der Waals surface area contributed by atoms with Gasteiger partial charge in [-0.2, -0.15) is 0 Å². The highest BCUT2D eigenvalue weighted by Crippen LogP contribution is 2.15. The fourth-order valence-electron chi connectivity index (χ4n) is 1.97. The van der Waals surface area contributed by atoms with E-state index in [0.29, 0.717) is 6.04 Å². The molecule has 0 fully saturated rings. The molecule has 0 aromatic heterocycles. The van der Waals surface area contributed by atoms with Crippen LogP contribution in [0.4, 0.5) is 5.69 Å². The van der Waals surface area contributed by atoms with Crippen LogP contribution in [0, 0.1) is 5.92 Å². The Morgan fingerprint density at radius 3 is 2.29 bits per heavy atom. The average Bonchev–Trinajstić information content (AvgIpc) is 2.34. The summed E-state index contributed by atoms with van der Waals surface area (Å²) >= 11 is 0. The number of anilines is 1. The van der Waals surface area contributed by atoms with Crippen LogP contribution in [0.25, 0.3) is 0 Å². The van der Waals surface area contributed by atoms with Crippen molar-refractivity contribution in [2.45, 2.75) is 33.2 Å². The smallest absolute Gasteiger partial charge is 0.0408 e. The maximum atomic E-state index is 3.54. The van der Waals surface area contributed by atoms with E-state index in [-0.39, 0.29) is 0 Å². The molecule has 1 aromatic carbocycles. The van der Waals surface area contributed by atoms with Crippen LogP contribution < -0.4 is 10.2 Å². The van der Waals surface area contributed by atoms with Gasteiger partial charge in [0.05, 0.1) is 0 Å². The summed E-state index contributed by atoms with van der Waals surface area (Å²) in [5.41, 5.74) is 1.30. The fraction of sp³-hybridized carbons (Fsp3) is 0.600.